The fourth-order valence-electron chi connectivity index (χ4n) is 6.67. The number of carbonyl (C=O) groups excluding carboxylic acids is 4. The molecule has 3 aliphatic rings. The first kappa shape index (κ1) is 28.3. The Kier molecular flexibility index (Phi) is 6.87. The molecular formula is C31H32N2O8. The van der Waals surface area contributed by atoms with E-state index >= 15 is 0 Å². The van der Waals surface area contributed by atoms with Gasteiger partial charge >= 0.3 is 0 Å². The number of carbonyl (C=O) groups is 4. The van der Waals surface area contributed by atoms with E-state index in [2.05, 4.69) is 0 Å². The van der Waals surface area contributed by atoms with Gasteiger partial charge in [0.2, 0.25) is 5.78 Å². The van der Waals surface area contributed by atoms with Crippen LogP contribution in [-0.2, 0) is 27.2 Å². The molecule has 0 saturated heterocycles. The number of Topliss-reactive ketones (excluding diaryl/α,β-unsaturated/α-hetero) is 3. The summed E-state index contributed by atoms with van der Waals surface area (Å²) in [7, 11) is 3.10. The number of nitrogens with two attached hydrogens (primary N) is 1. The van der Waals surface area contributed by atoms with Crippen LogP contribution in [0.1, 0.15) is 45.5 Å². The Hall–Kier alpha value is -4.28. The van der Waals surface area contributed by atoms with Gasteiger partial charge in [0.05, 0.1) is 11.6 Å². The molecule has 0 bridgehead atoms. The van der Waals surface area contributed by atoms with Crippen molar-refractivity contribution in [3.05, 3.63) is 81.1 Å². The lowest BCUT2D eigenvalue weighted by Gasteiger charge is -2.50. The van der Waals surface area contributed by atoms with Crippen molar-refractivity contribution in [1.29, 1.82) is 0 Å². The minimum atomic E-state index is -2.68. The lowest BCUT2D eigenvalue weighted by atomic mass is 9.57. The van der Waals surface area contributed by atoms with Crippen molar-refractivity contribution in [2.45, 2.75) is 44.2 Å². The standard InChI is InChI=1S/C31H32N2O8/c1-14-4-6-16(7-5-14)20(34)10-8-15-9-11-21(35)23-18(15)12-17-13-19-25(33(2)3)27(37)24(30(32)40)29(39)31(19,41)28(38)22(17)26(23)36/h4-7,9,11,17,19,25,35-36,39,41H,8,10,12-13H2,1-3H3,(H2,32,40). The van der Waals surface area contributed by atoms with Crippen LogP contribution in [0, 0.1) is 18.8 Å². The predicted octanol–water partition coefficient (Wildman–Crippen LogP) is 2.09. The molecule has 214 valence electrons. The van der Waals surface area contributed by atoms with Crippen LogP contribution in [-0.4, -0.2) is 74.3 Å². The molecule has 0 radical (unpaired) electrons. The molecule has 10 heteroatoms. The highest BCUT2D eigenvalue weighted by atomic mass is 16.3. The number of rotatable bonds is 6. The van der Waals surface area contributed by atoms with Crippen molar-refractivity contribution in [2.24, 2.45) is 17.6 Å². The maximum atomic E-state index is 13.9. The summed E-state index contributed by atoms with van der Waals surface area (Å²) >= 11 is 0. The molecule has 3 aliphatic carbocycles. The minimum Gasteiger partial charge on any atom is -0.508 e. The van der Waals surface area contributed by atoms with E-state index < -0.39 is 58.0 Å². The normalized spacial score (nSPS) is 25.6. The van der Waals surface area contributed by atoms with Crippen molar-refractivity contribution < 1.29 is 39.6 Å². The van der Waals surface area contributed by atoms with Gasteiger partial charge in [-0.25, -0.2) is 0 Å². The van der Waals surface area contributed by atoms with E-state index in [-0.39, 0.29) is 41.9 Å². The van der Waals surface area contributed by atoms with Crippen molar-refractivity contribution in [2.75, 3.05) is 14.1 Å². The molecule has 10 nitrogen and oxygen atoms in total. The zero-order valence-electron chi connectivity index (χ0n) is 23.0. The summed E-state index contributed by atoms with van der Waals surface area (Å²) in [4.78, 5) is 53.5. The lowest BCUT2D eigenvalue weighted by molar-refractivity contribution is -0.153. The SMILES string of the molecule is Cc1ccc(C(=O)CCc2ccc(O)c3c2CC2CC4C(N(C)C)C(=O)C(C(N)=O)=C(O)C4(O)C(=O)C2=C3O)cc1. The molecule has 0 aliphatic heterocycles. The third kappa shape index (κ3) is 4.25. The van der Waals surface area contributed by atoms with Gasteiger partial charge in [-0.3, -0.25) is 24.1 Å². The van der Waals surface area contributed by atoms with Crippen molar-refractivity contribution >= 4 is 29.0 Å². The second kappa shape index (κ2) is 9.97. The quantitative estimate of drug-likeness (QED) is 0.261. The number of likely N-dealkylation sites (N-methyl/N-ethyl adjacent to an activating group) is 1. The first-order valence-electron chi connectivity index (χ1n) is 13.4. The number of aliphatic hydroxyl groups is 3. The number of aryl methyl sites for hydroxylation is 2. The smallest absolute Gasteiger partial charge is 0.255 e. The van der Waals surface area contributed by atoms with Crippen LogP contribution in [0.5, 0.6) is 5.75 Å². The summed E-state index contributed by atoms with van der Waals surface area (Å²) in [6.07, 6.45) is 0.672. The number of hydrogen-bond acceptors (Lipinski definition) is 9. The van der Waals surface area contributed by atoms with Crippen LogP contribution in [0.2, 0.25) is 0 Å². The van der Waals surface area contributed by atoms with E-state index in [0.717, 1.165) is 5.56 Å². The summed E-state index contributed by atoms with van der Waals surface area (Å²) in [5, 5.41) is 44.7. The average Bonchev–Trinajstić information content (AvgIpc) is 2.90. The molecule has 0 spiro atoms. The van der Waals surface area contributed by atoms with Crippen LogP contribution in [0.3, 0.4) is 0 Å². The first-order valence-corrected chi connectivity index (χ1v) is 13.4. The van der Waals surface area contributed by atoms with Crippen molar-refractivity contribution in [3.63, 3.8) is 0 Å². The van der Waals surface area contributed by atoms with Gasteiger partial charge in [0.1, 0.15) is 22.8 Å². The molecule has 41 heavy (non-hydrogen) atoms. The molecule has 0 heterocycles. The Morgan fingerprint density at radius 1 is 1.05 bits per heavy atom. The van der Waals surface area contributed by atoms with Gasteiger partial charge < -0.3 is 26.2 Å². The van der Waals surface area contributed by atoms with Crippen LogP contribution in [0.4, 0.5) is 0 Å². The number of amides is 1. The number of phenolic OH excluding ortho intramolecular Hbond substituents is 1. The summed E-state index contributed by atoms with van der Waals surface area (Å²) < 4.78 is 0. The van der Waals surface area contributed by atoms with Crippen molar-refractivity contribution in [3.8, 4) is 5.75 Å². The van der Waals surface area contributed by atoms with Crippen LogP contribution in [0.25, 0.3) is 5.76 Å². The summed E-state index contributed by atoms with van der Waals surface area (Å²) in [5.74, 6) is -7.00. The molecule has 4 unspecified atom stereocenters. The first-order chi connectivity index (χ1) is 19.3. The third-order valence-corrected chi connectivity index (χ3v) is 8.70. The van der Waals surface area contributed by atoms with Gasteiger partial charge in [-0.05, 0) is 63.4 Å². The number of phenols is 1. The number of fused-ring (bicyclic) bond motifs is 3. The zero-order chi connectivity index (χ0) is 30.0. The molecular weight excluding hydrogens is 528 g/mol. The van der Waals surface area contributed by atoms with E-state index in [1.807, 2.05) is 19.1 Å². The van der Waals surface area contributed by atoms with E-state index in [0.29, 0.717) is 23.1 Å². The predicted molar refractivity (Wildman–Crippen MR) is 148 cm³/mol. The topological polar surface area (TPSA) is 178 Å². The molecule has 1 amide bonds. The third-order valence-electron chi connectivity index (χ3n) is 8.70. The maximum absolute atomic E-state index is 13.9. The molecule has 1 saturated carbocycles. The Morgan fingerprint density at radius 2 is 1.71 bits per heavy atom. The molecule has 6 N–H and O–H groups in total. The molecule has 2 aromatic rings. The zero-order valence-corrected chi connectivity index (χ0v) is 23.0. The van der Waals surface area contributed by atoms with Crippen LogP contribution in [0.15, 0.2) is 53.3 Å². The minimum absolute atomic E-state index is 0.00313. The lowest BCUT2D eigenvalue weighted by Crippen LogP contribution is -2.65. The highest BCUT2D eigenvalue weighted by Gasteiger charge is 2.64. The van der Waals surface area contributed by atoms with E-state index in [9.17, 15) is 39.6 Å². The molecule has 2 aromatic carbocycles. The number of nitrogens with zero attached hydrogens (tertiary/aromatic N) is 1. The summed E-state index contributed by atoms with van der Waals surface area (Å²) in [6, 6.07) is 9.14. The second-order valence-electron chi connectivity index (χ2n) is 11.3. The Morgan fingerprint density at radius 3 is 2.32 bits per heavy atom. The summed E-state index contributed by atoms with van der Waals surface area (Å²) in [5.41, 5.74) is 4.50. The van der Waals surface area contributed by atoms with E-state index in [1.54, 1.807) is 32.3 Å². The van der Waals surface area contributed by atoms with Crippen molar-refractivity contribution in [1.82, 2.24) is 4.90 Å². The number of aliphatic hydroxyl groups excluding tert-OH is 2. The van der Waals surface area contributed by atoms with E-state index in [4.69, 9.17) is 5.73 Å². The number of primary amides is 1. The van der Waals surface area contributed by atoms with Gasteiger partial charge in [-0.15, -0.1) is 0 Å². The Balaban J connectivity index is 1.57. The maximum Gasteiger partial charge on any atom is 0.255 e. The van der Waals surface area contributed by atoms with Gasteiger partial charge in [-0.2, -0.15) is 0 Å². The number of ketones is 3. The fourth-order valence-corrected chi connectivity index (χ4v) is 6.67. The van der Waals surface area contributed by atoms with E-state index in [1.165, 1.54) is 11.0 Å². The average molecular weight is 561 g/mol. The summed E-state index contributed by atoms with van der Waals surface area (Å²) in [6.45, 7) is 1.93. The Labute approximate surface area is 236 Å². The van der Waals surface area contributed by atoms with Crippen LogP contribution < -0.4 is 5.73 Å². The van der Waals surface area contributed by atoms with Gasteiger partial charge in [0, 0.05) is 23.5 Å². The highest BCUT2D eigenvalue weighted by molar-refractivity contribution is 6.24. The molecule has 5 rings (SSSR count). The number of hydrogen-bond donors (Lipinski definition) is 5. The monoisotopic (exact) mass is 560 g/mol. The molecule has 1 fully saturated rings. The number of aromatic hydroxyl groups is 1. The fraction of sp³-hybridized carbons (Fsp3) is 0.355. The number of benzene rings is 2. The second-order valence-corrected chi connectivity index (χ2v) is 11.3. The Bertz CT molecular complexity index is 1570. The molecule has 4 atom stereocenters. The largest absolute Gasteiger partial charge is 0.508 e. The highest BCUT2D eigenvalue weighted by Crippen LogP contribution is 2.53. The van der Waals surface area contributed by atoms with Gasteiger partial charge in [0.25, 0.3) is 5.91 Å². The van der Waals surface area contributed by atoms with Gasteiger partial charge in [-0.1, -0.05) is 35.9 Å². The van der Waals surface area contributed by atoms with Crippen LogP contribution >= 0.6 is 0 Å². The van der Waals surface area contributed by atoms with Gasteiger partial charge in [0.15, 0.2) is 17.2 Å². The molecule has 0 aromatic heterocycles.